The molecule has 9 heteroatoms. The molecular weight excluding hydrogens is 447 g/mol. The quantitative estimate of drug-likeness (QED) is 0.273. The maximum atomic E-state index is 11.5. The van der Waals surface area contributed by atoms with Crippen LogP contribution in [0.25, 0.3) is 0 Å². The minimum Gasteiger partial charge on any atom is -0.356 e. The van der Waals surface area contributed by atoms with Gasteiger partial charge in [-0.05, 0) is 20.3 Å². The van der Waals surface area contributed by atoms with E-state index >= 15 is 0 Å². The van der Waals surface area contributed by atoms with E-state index in [-0.39, 0.29) is 28.7 Å². The molecule has 1 saturated heterocycles. The van der Waals surface area contributed by atoms with Gasteiger partial charge < -0.3 is 10.2 Å². The maximum absolute atomic E-state index is 11.5. The average Bonchev–Trinajstić information content (AvgIpc) is 2.40. The first-order valence-electron chi connectivity index (χ1n) is 7.74. The number of hydrogen-bond donors (Lipinski definition) is 1. The molecule has 0 radical (unpaired) electrons. The van der Waals surface area contributed by atoms with Crippen molar-refractivity contribution < 1.29 is 8.42 Å². The fourth-order valence-corrected chi connectivity index (χ4v) is 4.58. The smallest absolute Gasteiger partial charge is 0.211 e. The van der Waals surface area contributed by atoms with E-state index in [1.54, 1.807) is 7.05 Å². The lowest BCUT2D eigenvalue weighted by atomic mass is 10.2. The number of nitrogens with one attached hydrogen (secondary N) is 1. The SMILES string of the molecule is CCN(CCCNC(=NC)N1CCSC(C)(C)C1)S(C)(=O)=O.I. The van der Waals surface area contributed by atoms with Gasteiger partial charge in [-0.2, -0.15) is 11.8 Å². The molecule has 0 amide bonds. The van der Waals surface area contributed by atoms with Gasteiger partial charge in [0.15, 0.2) is 5.96 Å². The molecule has 138 valence electrons. The molecule has 1 fully saturated rings. The highest BCUT2D eigenvalue weighted by molar-refractivity contribution is 14.0. The fraction of sp³-hybridized carbons (Fsp3) is 0.929. The molecule has 1 aliphatic heterocycles. The summed E-state index contributed by atoms with van der Waals surface area (Å²) >= 11 is 1.99. The molecule has 0 saturated carbocycles. The van der Waals surface area contributed by atoms with Crippen LogP contribution in [0.15, 0.2) is 4.99 Å². The summed E-state index contributed by atoms with van der Waals surface area (Å²) in [5.74, 6) is 2.02. The summed E-state index contributed by atoms with van der Waals surface area (Å²) < 4.78 is 24.8. The van der Waals surface area contributed by atoms with Crippen molar-refractivity contribution in [2.75, 3.05) is 51.8 Å². The van der Waals surface area contributed by atoms with Crippen molar-refractivity contribution in [1.29, 1.82) is 0 Å². The highest BCUT2D eigenvalue weighted by atomic mass is 127. The van der Waals surface area contributed by atoms with E-state index in [4.69, 9.17) is 0 Å². The molecule has 0 unspecified atom stereocenters. The molecule has 0 aliphatic carbocycles. The van der Waals surface area contributed by atoms with Crippen LogP contribution >= 0.6 is 35.7 Å². The molecule has 23 heavy (non-hydrogen) atoms. The van der Waals surface area contributed by atoms with Crippen molar-refractivity contribution >= 4 is 51.7 Å². The lowest BCUT2D eigenvalue weighted by Crippen LogP contribution is -2.51. The number of thioether (sulfide) groups is 1. The molecule has 6 nitrogen and oxygen atoms in total. The summed E-state index contributed by atoms with van der Waals surface area (Å²) in [6, 6.07) is 0. The summed E-state index contributed by atoms with van der Waals surface area (Å²) in [4.78, 5) is 6.64. The van der Waals surface area contributed by atoms with Gasteiger partial charge in [-0.15, -0.1) is 24.0 Å². The van der Waals surface area contributed by atoms with E-state index in [1.165, 1.54) is 10.6 Å². The van der Waals surface area contributed by atoms with E-state index in [9.17, 15) is 8.42 Å². The second-order valence-electron chi connectivity index (χ2n) is 6.11. The van der Waals surface area contributed by atoms with E-state index < -0.39 is 10.0 Å². The Bertz CT molecular complexity index is 483. The molecule has 1 aliphatic rings. The number of nitrogens with zero attached hydrogens (tertiary/aromatic N) is 3. The zero-order chi connectivity index (χ0) is 16.8. The van der Waals surface area contributed by atoms with E-state index in [0.717, 1.165) is 37.8 Å². The molecule has 0 aromatic heterocycles. The second kappa shape index (κ2) is 10.3. The molecule has 0 atom stereocenters. The number of aliphatic imine (C=N–C) groups is 1. The first-order chi connectivity index (χ1) is 10.2. The number of guanidine groups is 1. The normalized spacial score (nSPS) is 18.7. The van der Waals surface area contributed by atoms with E-state index in [0.29, 0.717) is 13.1 Å². The Morgan fingerprint density at radius 3 is 2.57 bits per heavy atom. The molecule has 1 N–H and O–H groups in total. The summed E-state index contributed by atoms with van der Waals surface area (Å²) in [6.07, 6.45) is 2.03. The second-order valence-corrected chi connectivity index (χ2v) is 9.90. The lowest BCUT2D eigenvalue weighted by Gasteiger charge is -2.39. The average molecular weight is 478 g/mol. The van der Waals surface area contributed by atoms with Gasteiger partial charge in [-0.1, -0.05) is 6.92 Å². The minimum absolute atomic E-state index is 0. The van der Waals surface area contributed by atoms with Crippen LogP contribution in [0.1, 0.15) is 27.2 Å². The largest absolute Gasteiger partial charge is 0.356 e. The Balaban J connectivity index is 0.00000484. The van der Waals surface area contributed by atoms with Crippen LogP contribution in [0.5, 0.6) is 0 Å². The summed E-state index contributed by atoms with van der Waals surface area (Å²) in [5.41, 5.74) is 0. The van der Waals surface area contributed by atoms with Gasteiger partial charge in [0.2, 0.25) is 10.0 Å². The van der Waals surface area contributed by atoms with Gasteiger partial charge in [0.1, 0.15) is 0 Å². The first kappa shape index (κ1) is 23.3. The van der Waals surface area contributed by atoms with Crippen molar-refractivity contribution in [2.24, 2.45) is 4.99 Å². The standard InChI is InChI=1S/C14H30N4O2S2.HI/c1-6-18(22(5,19)20)9-7-8-16-13(15-4)17-10-11-21-14(2,3)12-17;/h6-12H2,1-5H3,(H,15,16);1H. The topological polar surface area (TPSA) is 65.0 Å². The van der Waals surface area contributed by atoms with Crippen LogP contribution in [0.4, 0.5) is 0 Å². The van der Waals surface area contributed by atoms with Crippen LogP contribution in [-0.4, -0.2) is 80.1 Å². The number of halogens is 1. The maximum Gasteiger partial charge on any atom is 0.211 e. The van der Waals surface area contributed by atoms with Crippen LogP contribution in [0.3, 0.4) is 0 Å². The van der Waals surface area contributed by atoms with E-state index in [2.05, 4.69) is 29.1 Å². The highest BCUT2D eigenvalue weighted by Gasteiger charge is 2.28. The summed E-state index contributed by atoms with van der Waals surface area (Å²) in [6.45, 7) is 10.1. The Kier molecular flexibility index (Phi) is 10.4. The van der Waals surface area contributed by atoms with Gasteiger partial charge in [-0.3, -0.25) is 4.99 Å². The predicted molar refractivity (Wildman–Crippen MR) is 112 cm³/mol. The van der Waals surface area contributed by atoms with Gasteiger partial charge in [0.25, 0.3) is 0 Å². The molecule has 1 heterocycles. The highest BCUT2D eigenvalue weighted by Crippen LogP contribution is 2.29. The monoisotopic (exact) mass is 478 g/mol. The third-order valence-electron chi connectivity index (χ3n) is 3.63. The van der Waals surface area contributed by atoms with Gasteiger partial charge in [0.05, 0.1) is 6.26 Å². The molecule has 0 aromatic rings. The molecule has 0 spiro atoms. The van der Waals surface area contributed by atoms with Gasteiger partial charge >= 0.3 is 0 Å². The zero-order valence-electron chi connectivity index (χ0n) is 14.8. The van der Waals surface area contributed by atoms with Gasteiger partial charge in [0, 0.05) is 50.3 Å². The van der Waals surface area contributed by atoms with Crippen LogP contribution < -0.4 is 5.32 Å². The Hall–Kier alpha value is 0.260. The van der Waals surface area contributed by atoms with Crippen LogP contribution in [0.2, 0.25) is 0 Å². The minimum atomic E-state index is -3.09. The van der Waals surface area contributed by atoms with Gasteiger partial charge in [-0.25, -0.2) is 12.7 Å². The lowest BCUT2D eigenvalue weighted by molar-refractivity contribution is 0.373. The fourth-order valence-electron chi connectivity index (χ4n) is 2.54. The molecule has 1 rings (SSSR count). The number of hydrogen-bond acceptors (Lipinski definition) is 4. The molecule has 0 aromatic carbocycles. The summed E-state index contributed by atoms with van der Waals surface area (Å²) in [5, 5.41) is 3.35. The van der Waals surface area contributed by atoms with Crippen molar-refractivity contribution in [2.45, 2.75) is 31.9 Å². The van der Waals surface area contributed by atoms with Crippen LogP contribution in [0, 0.1) is 0 Å². The third kappa shape index (κ3) is 8.26. The molecular formula is C14H31IN4O2S2. The Morgan fingerprint density at radius 2 is 2.09 bits per heavy atom. The first-order valence-corrected chi connectivity index (χ1v) is 10.6. The van der Waals surface area contributed by atoms with Crippen molar-refractivity contribution in [3.05, 3.63) is 0 Å². The number of sulfonamides is 1. The van der Waals surface area contributed by atoms with Crippen molar-refractivity contribution in [1.82, 2.24) is 14.5 Å². The Labute approximate surface area is 162 Å². The van der Waals surface area contributed by atoms with E-state index in [1.807, 2.05) is 18.7 Å². The predicted octanol–water partition coefficient (Wildman–Crippen LogP) is 1.68. The zero-order valence-corrected chi connectivity index (χ0v) is 18.8. The van der Waals surface area contributed by atoms with Crippen LogP contribution in [-0.2, 0) is 10.0 Å². The summed E-state index contributed by atoms with van der Waals surface area (Å²) in [7, 11) is -1.30. The third-order valence-corrected chi connectivity index (χ3v) is 6.30. The Morgan fingerprint density at radius 1 is 1.43 bits per heavy atom. The van der Waals surface area contributed by atoms with Crippen molar-refractivity contribution in [3.63, 3.8) is 0 Å². The number of rotatable bonds is 6. The molecule has 0 bridgehead atoms. The van der Waals surface area contributed by atoms with Crippen molar-refractivity contribution in [3.8, 4) is 0 Å².